The Morgan fingerprint density at radius 2 is 2.12 bits per heavy atom. The second kappa shape index (κ2) is 11.4. The number of nitrogens with one attached hydrogen (secondary N) is 2. The fraction of sp³-hybridized carbons (Fsp3) is 0.167. The minimum atomic E-state index is -0.494. The molecule has 0 aliphatic carbocycles. The van der Waals surface area contributed by atoms with Gasteiger partial charge in [0, 0.05) is 41.5 Å². The predicted molar refractivity (Wildman–Crippen MR) is 125 cm³/mol. The van der Waals surface area contributed by atoms with Crippen LogP contribution in [0.1, 0.15) is 12.5 Å². The highest BCUT2D eigenvalue weighted by Crippen LogP contribution is 2.33. The normalized spacial score (nSPS) is 10.7. The third kappa shape index (κ3) is 6.12. The van der Waals surface area contributed by atoms with Gasteiger partial charge >= 0.3 is 0 Å². The third-order valence-electron chi connectivity index (χ3n) is 4.47. The summed E-state index contributed by atoms with van der Waals surface area (Å²) in [6.07, 6.45) is 5.01. The number of hydrogen-bond acceptors (Lipinski definition) is 7. The van der Waals surface area contributed by atoms with Crippen LogP contribution in [0.15, 0.2) is 55.4 Å². The number of hydrogen-bond donors (Lipinski definition) is 2. The highest BCUT2D eigenvalue weighted by Gasteiger charge is 2.13. The summed E-state index contributed by atoms with van der Waals surface area (Å²) in [5.41, 5.74) is 1.89. The van der Waals surface area contributed by atoms with E-state index < -0.39 is 5.91 Å². The molecule has 0 atom stereocenters. The van der Waals surface area contributed by atoms with Crippen molar-refractivity contribution in [1.82, 2.24) is 9.97 Å². The van der Waals surface area contributed by atoms with Crippen molar-refractivity contribution in [2.75, 3.05) is 30.5 Å². The number of carbonyl (C=O) groups excluding carboxylic acids is 1. The van der Waals surface area contributed by atoms with Crippen LogP contribution in [0.3, 0.4) is 0 Å². The van der Waals surface area contributed by atoms with Crippen molar-refractivity contribution < 1.29 is 18.7 Å². The van der Waals surface area contributed by atoms with Crippen LogP contribution in [0.2, 0.25) is 0 Å². The van der Waals surface area contributed by atoms with Gasteiger partial charge in [-0.2, -0.15) is 5.26 Å². The number of benzene rings is 2. The molecule has 1 heterocycles. The molecular formula is C24H22FN5O3. The topological polar surface area (TPSA) is 109 Å². The van der Waals surface area contributed by atoms with Gasteiger partial charge in [0.1, 0.15) is 30.3 Å². The number of rotatable bonds is 10. The van der Waals surface area contributed by atoms with Gasteiger partial charge in [0.2, 0.25) is 5.91 Å². The van der Waals surface area contributed by atoms with Gasteiger partial charge < -0.3 is 20.1 Å². The van der Waals surface area contributed by atoms with E-state index in [-0.39, 0.29) is 12.4 Å². The number of fused-ring (bicyclic) bond motifs is 1. The van der Waals surface area contributed by atoms with Crippen molar-refractivity contribution >= 4 is 40.1 Å². The Bertz CT molecular complexity index is 1240. The Morgan fingerprint density at radius 3 is 2.88 bits per heavy atom. The number of nitrogens with zero attached hydrogens (tertiary/aromatic N) is 3. The van der Waals surface area contributed by atoms with Crippen LogP contribution in [-0.4, -0.2) is 35.7 Å². The summed E-state index contributed by atoms with van der Waals surface area (Å²) in [5, 5.41) is 15.1. The number of ether oxygens (including phenoxy) is 2. The molecule has 0 saturated heterocycles. The molecular weight excluding hydrogens is 425 g/mol. The number of allylic oxidation sites excluding steroid dienone is 1. The smallest absolute Gasteiger partial charge is 0.249 e. The fourth-order valence-corrected chi connectivity index (χ4v) is 2.96. The predicted octanol–water partition coefficient (Wildman–Crippen LogP) is 4.59. The number of aromatic nitrogens is 2. The van der Waals surface area contributed by atoms with Gasteiger partial charge in [-0.15, -0.1) is 0 Å². The van der Waals surface area contributed by atoms with Crippen LogP contribution < -0.4 is 15.4 Å². The van der Waals surface area contributed by atoms with E-state index in [1.165, 1.54) is 18.5 Å². The van der Waals surface area contributed by atoms with Crippen molar-refractivity contribution in [3.05, 3.63) is 66.8 Å². The SMILES string of the molecule is C=Cc1cc(Nc2ncnc3cc(OCCOCC)c(NC(=O)/C=C\C#N)cc23)ccc1F. The Labute approximate surface area is 190 Å². The minimum Gasteiger partial charge on any atom is -0.489 e. The molecule has 2 N–H and O–H groups in total. The van der Waals surface area contributed by atoms with E-state index >= 15 is 0 Å². The molecule has 3 aromatic rings. The molecule has 0 fully saturated rings. The number of anilines is 3. The van der Waals surface area contributed by atoms with Crippen LogP contribution >= 0.6 is 0 Å². The Balaban J connectivity index is 1.99. The molecule has 1 aromatic heterocycles. The molecule has 8 nitrogen and oxygen atoms in total. The lowest BCUT2D eigenvalue weighted by molar-refractivity contribution is -0.111. The largest absolute Gasteiger partial charge is 0.489 e. The first-order chi connectivity index (χ1) is 16.0. The molecule has 168 valence electrons. The van der Waals surface area contributed by atoms with E-state index in [0.29, 0.717) is 52.6 Å². The van der Waals surface area contributed by atoms with Crippen molar-refractivity contribution in [2.45, 2.75) is 6.92 Å². The number of carbonyl (C=O) groups is 1. The van der Waals surface area contributed by atoms with E-state index in [4.69, 9.17) is 14.7 Å². The first kappa shape index (κ1) is 23.4. The molecule has 0 unspecified atom stereocenters. The maximum Gasteiger partial charge on any atom is 0.249 e. The van der Waals surface area contributed by atoms with E-state index in [1.54, 1.807) is 30.3 Å². The Morgan fingerprint density at radius 1 is 1.27 bits per heavy atom. The molecule has 0 bridgehead atoms. The quantitative estimate of drug-likeness (QED) is 0.266. The van der Waals surface area contributed by atoms with Crippen molar-refractivity contribution in [3.8, 4) is 11.8 Å². The van der Waals surface area contributed by atoms with Gasteiger partial charge in [-0.1, -0.05) is 12.7 Å². The number of halogens is 1. The van der Waals surface area contributed by atoms with E-state index in [2.05, 4.69) is 27.2 Å². The molecule has 2 aromatic carbocycles. The van der Waals surface area contributed by atoms with Crippen molar-refractivity contribution in [3.63, 3.8) is 0 Å². The van der Waals surface area contributed by atoms with Gasteiger partial charge in [-0.3, -0.25) is 4.79 Å². The van der Waals surface area contributed by atoms with Gasteiger partial charge in [-0.05, 0) is 31.2 Å². The molecule has 1 amide bonds. The van der Waals surface area contributed by atoms with Crippen LogP contribution in [0.25, 0.3) is 17.0 Å². The second-order valence-corrected chi connectivity index (χ2v) is 6.65. The average molecular weight is 447 g/mol. The Kier molecular flexibility index (Phi) is 8.05. The van der Waals surface area contributed by atoms with Crippen LogP contribution in [0.5, 0.6) is 5.75 Å². The first-order valence-corrected chi connectivity index (χ1v) is 10.1. The lowest BCUT2D eigenvalue weighted by Gasteiger charge is -2.15. The summed E-state index contributed by atoms with van der Waals surface area (Å²) in [5.74, 6) is -0.0368. The Hall–Kier alpha value is -4.29. The monoisotopic (exact) mass is 447 g/mol. The van der Waals surface area contributed by atoms with E-state index in [0.717, 1.165) is 12.2 Å². The van der Waals surface area contributed by atoms with Crippen LogP contribution in [0, 0.1) is 17.1 Å². The van der Waals surface area contributed by atoms with Gasteiger partial charge in [-0.25, -0.2) is 14.4 Å². The summed E-state index contributed by atoms with van der Waals surface area (Å²) in [4.78, 5) is 20.8. The lowest BCUT2D eigenvalue weighted by atomic mass is 10.1. The van der Waals surface area contributed by atoms with Gasteiger partial charge in [0.15, 0.2) is 0 Å². The molecule has 3 rings (SSSR count). The molecule has 0 spiro atoms. The van der Waals surface area contributed by atoms with E-state index in [1.807, 2.05) is 6.92 Å². The van der Waals surface area contributed by atoms with Crippen LogP contribution in [0.4, 0.5) is 21.6 Å². The second-order valence-electron chi connectivity index (χ2n) is 6.65. The summed E-state index contributed by atoms with van der Waals surface area (Å²) < 4.78 is 24.9. The molecule has 0 radical (unpaired) electrons. The zero-order chi connectivity index (χ0) is 23.6. The number of amides is 1. The molecule has 0 aliphatic heterocycles. The summed E-state index contributed by atoms with van der Waals surface area (Å²) in [7, 11) is 0. The van der Waals surface area contributed by atoms with E-state index in [9.17, 15) is 9.18 Å². The lowest BCUT2D eigenvalue weighted by Crippen LogP contribution is -2.12. The fourth-order valence-electron chi connectivity index (χ4n) is 2.96. The van der Waals surface area contributed by atoms with Gasteiger partial charge in [0.25, 0.3) is 0 Å². The summed E-state index contributed by atoms with van der Waals surface area (Å²) >= 11 is 0. The molecule has 9 heteroatoms. The highest BCUT2D eigenvalue weighted by molar-refractivity contribution is 6.03. The van der Waals surface area contributed by atoms with Gasteiger partial charge in [0.05, 0.1) is 23.9 Å². The molecule has 0 saturated carbocycles. The zero-order valence-electron chi connectivity index (χ0n) is 18.0. The standard InChI is InChI=1S/C24H22FN5O3/c1-3-16-12-17(7-8-19(16)25)29-24-18-13-21(30-23(31)6-5-9-26)22(33-11-10-32-4-2)14-20(18)27-15-28-24/h3,5-8,12-15H,1,4,10-11H2,2H3,(H,30,31)(H,27,28,29)/b6-5-. The summed E-state index contributed by atoms with van der Waals surface area (Å²) in [6.45, 7) is 6.70. The highest BCUT2D eigenvalue weighted by atomic mass is 19.1. The van der Waals surface area contributed by atoms with Crippen molar-refractivity contribution in [1.29, 1.82) is 5.26 Å². The number of nitriles is 1. The molecule has 0 aliphatic rings. The maximum atomic E-state index is 13.8. The van der Waals surface area contributed by atoms with Crippen molar-refractivity contribution in [2.24, 2.45) is 0 Å². The third-order valence-corrected chi connectivity index (χ3v) is 4.47. The van der Waals surface area contributed by atoms with Crippen LogP contribution in [-0.2, 0) is 9.53 Å². The first-order valence-electron chi connectivity index (χ1n) is 10.1. The average Bonchev–Trinajstić information content (AvgIpc) is 2.82. The maximum absolute atomic E-state index is 13.8. The minimum absolute atomic E-state index is 0.270. The zero-order valence-corrected chi connectivity index (χ0v) is 18.0. The summed E-state index contributed by atoms with van der Waals surface area (Å²) in [6, 6.07) is 9.64. The molecule has 33 heavy (non-hydrogen) atoms.